The van der Waals surface area contributed by atoms with E-state index in [0.29, 0.717) is 0 Å². The molecule has 0 fully saturated rings. The topological polar surface area (TPSA) is 20.3 Å². The summed E-state index contributed by atoms with van der Waals surface area (Å²) >= 11 is 3.42. The molecule has 0 aliphatic carbocycles. The SMILES string of the molecule is CCCN(CCC)C(=O)c1ccccc1Br. The maximum atomic E-state index is 12.2. The summed E-state index contributed by atoms with van der Waals surface area (Å²) in [5.41, 5.74) is 0.754. The molecule has 0 aromatic heterocycles. The molecule has 1 rings (SSSR count). The summed E-state index contributed by atoms with van der Waals surface area (Å²) < 4.78 is 0.872. The third-order valence-corrected chi connectivity index (χ3v) is 3.07. The fraction of sp³-hybridized carbons (Fsp3) is 0.462. The van der Waals surface area contributed by atoms with Crippen molar-refractivity contribution in [2.45, 2.75) is 26.7 Å². The van der Waals surface area contributed by atoms with Gasteiger partial charge in [-0.1, -0.05) is 26.0 Å². The van der Waals surface area contributed by atoms with E-state index < -0.39 is 0 Å². The lowest BCUT2D eigenvalue weighted by Gasteiger charge is -2.22. The van der Waals surface area contributed by atoms with Gasteiger partial charge in [0, 0.05) is 17.6 Å². The predicted molar refractivity (Wildman–Crippen MR) is 70.6 cm³/mol. The molecule has 0 saturated carbocycles. The highest BCUT2D eigenvalue weighted by molar-refractivity contribution is 9.10. The molecule has 0 N–H and O–H groups in total. The number of carbonyl (C=O) groups excluding carboxylic acids is 1. The zero-order chi connectivity index (χ0) is 12.0. The van der Waals surface area contributed by atoms with E-state index in [1.165, 1.54) is 0 Å². The van der Waals surface area contributed by atoms with Gasteiger partial charge in [0.2, 0.25) is 0 Å². The second-order valence-electron chi connectivity index (χ2n) is 3.77. The summed E-state index contributed by atoms with van der Waals surface area (Å²) in [6, 6.07) is 7.59. The van der Waals surface area contributed by atoms with Gasteiger partial charge in [-0.25, -0.2) is 0 Å². The van der Waals surface area contributed by atoms with Gasteiger partial charge in [0.1, 0.15) is 0 Å². The zero-order valence-corrected chi connectivity index (χ0v) is 11.5. The fourth-order valence-electron chi connectivity index (χ4n) is 1.66. The van der Waals surface area contributed by atoms with E-state index in [4.69, 9.17) is 0 Å². The van der Waals surface area contributed by atoms with Gasteiger partial charge in [0.05, 0.1) is 5.56 Å². The molecule has 1 aromatic carbocycles. The number of rotatable bonds is 5. The number of halogens is 1. The Labute approximate surface area is 106 Å². The van der Waals surface area contributed by atoms with Gasteiger partial charge < -0.3 is 4.90 Å². The smallest absolute Gasteiger partial charge is 0.254 e. The molecular formula is C13H18BrNO. The molecule has 0 aliphatic rings. The third kappa shape index (κ3) is 3.34. The molecule has 0 radical (unpaired) electrons. The van der Waals surface area contributed by atoms with E-state index in [-0.39, 0.29) is 5.91 Å². The van der Waals surface area contributed by atoms with Crippen LogP contribution in [0.4, 0.5) is 0 Å². The Morgan fingerprint density at radius 2 is 1.75 bits per heavy atom. The summed E-state index contributed by atoms with van der Waals surface area (Å²) in [5, 5.41) is 0. The molecule has 1 aromatic rings. The van der Waals surface area contributed by atoms with Crippen molar-refractivity contribution in [2.75, 3.05) is 13.1 Å². The summed E-state index contributed by atoms with van der Waals surface area (Å²) in [6.45, 7) is 5.84. The molecule has 1 amide bonds. The molecule has 0 heterocycles. The second kappa shape index (κ2) is 6.69. The summed E-state index contributed by atoms with van der Waals surface area (Å²) in [5.74, 6) is 0.121. The number of amides is 1. The van der Waals surface area contributed by atoms with Crippen molar-refractivity contribution < 1.29 is 4.79 Å². The van der Waals surface area contributed by atoms with Crippen molar-refractivity contribution in [1.29, 1.82) is 0 Å². The molecular weight excluding hydrogens is 266 g/mol. The highest BCUT2D eigenvalue weighted by atomic mass is 79.9. The zero-order valence-electron chi connectivity index (χ0n) is 9.87. The van der Waals surface area contributed by atoms with Crippen molar-refractivity contribution >= 4 is 21.8 Å². The van der Waals surface area contributed by atoms with E-state index in [1.54, 1.807) is 0 Å². The Balaban J connectivity index is 2.85. The van der Waals surface area contributed by atoms with Crippen LogP contribution in [0, 0.1) is 0 Å². The van der Waals surface area contributed by atoms with Crippen LogP contribution in [0.1, 0.15) is 37.0 Å². The lowest BCUT2D eigenvalue weighted by molar-refractivity contribution is 0.0754. The molecule has 0 spiro atoms. The monoisotopic (exact) mass is 283 g/mol. The van der Waals surface area contributed by atoms with E-state index >= 15 is 0 Å². The maximum absolute atomic E-state index is 12.2. The normalized spacial score (nSPS) is 10.2. The van der Waals surface area contributed by atoms with Gasteiger partial charge in [0.15, 0.2) is 0 Å². The quantitative estimate of drug-likeness (QED) is 0.807. The Hall–Kier alpha value is -0.830. The van der Waals surface area contributed by atoms with Crippen LogP contribution in [0.2, 0.25) is 0 Å². The highest BCUT2D eigenvalue weighted by Crippen LogP contribution is 2.18. The number of hydrogen-bond donors (Lipinski definition) is 0. The van der Waals surface area contributed by atoms with E-state index in [9.17, 15) is 4.79 Å². The molecule has 88 valence electrons. The van der Waals surface area contributed by atoms with E-state index in [2.05, 4.69) is 29.8 Å². The molecule has 16 heavy (non-hydrogen) atoms. The highest BCUT2D eigenvalue weighted by Gasteiger charge is 2.15. The van der Waals surface area contributed by atoms with Crippen molar-refractivity contribution in [3.63, 3.8) is 0 Å². The minimum absolute atomic E-state index is 0.121. The van der Waals surface area contributed by atoms with Gasteiger partial charge in [-0.3, -0.25) is 4.79 Å². The number of nitrogens with zero attached hydrogens (tertiary/aromatic N) is 1. The van der Waals surface area contributed by atoms with Crippen LogP contribution < -0.4 is 0 Å². The van der Waals surface area contributed by atoms with Crippen molar-refractivity contribution in [1.82, 2.24) is 4.90 Å². The third-order valence-electron chi connectivity index (χ3n) is 2.38. The summed E-state index contributed by atoms with van der Waals surface area (Å²) in [4.78, 5) is 14.2. The largest absolute Gasteiger partial charge is 0.339 e. The maximum Gasteiger partial charge on any atom is 0.254 e. The Kier molecular flexibility index (Phi) is 5.53. The van der Waals surface area contributed by atoms with Crippen LogP contribution in [-0.4, -0.2) is 23.9 Å². The standard InChI is InChI=1S/C13H18BrNO/c1-3-9-15(10-4-2)13(16)11-7-5-6-8-12(11)14/h5-8H,3-4,9-10H2,1-2H3. The lowest BCUT2D eigenvalue weighted by Crippen LogP contribution is -2.32. The van der Waals surface area contributed by atoms with Crippen LogP contribution in [0.15, 0.2) is 28.7 Å². The first kappa shape index (κ1) is 13.2. The lowest BCUT2D eigenvalue weighted by atomic mass is 10.2. The molecule has 0 atom stereocenters. The minimum atomic E-state index is 0.121. The molecule has 0 aliphatic heterocycles. The van der Waals surface area contributed by atoms with Gasteiger partial charge in [-0.15, -0.1) is 0 Å². The summed E-state index contributed by atoms with van der Waals surface area (Å²) in [6.07, 6.45) is 1.99. The van der Waals surface area contributed by atoms with Crippen molar-refractivity contribution in [2.24, 2.45) is 0 Å². The molecule has 0 unspecified atom stereocenters. The van der Waals surface area contributed by atoms with E-state index in [0.717, 1.165) is 36.0 Å². The average Bonchev–Trinajstić information content (AvgIpc) is 2.28. The van der Waals surface area contributed by atoms with Crippen LogP contribution in [0.25, 0.3) is 0 Å². The van der Waals surface area contributed by atoms with E-state index in [1.807, 2.05) is 29.2 Å². The predicted octanol–water partition coefficient (Wildman–Crippen LogP) is 3.71. The van der Waals surface area contributed by atoms with Crippen LogP contribution in [-0.2, 0) is 0 Å². The number of carbonyl (C=O) groups is 1. The van der Waals surface area contributed by atoms with Crippen molar-refractivity contribution in [3.05, 3.63) is 34.3 Å². The fourth-order valence-corrected chi connectivity index (χ4v) is 2.11. The van der Waals surface area contributed by atoms with Gasteiger partial charge in [-0.2, -0.15) is 0 Å². The number of benzene rings is 1. The average molecular weight is 284 g/mol. The van der Waals surface area contributed by atoms with Crippen LogP contribution in [0.5, 0.6) is 0 Å². The molecule has 3 heteroatoms. The van der Waals surface area contributed by atoms with Gasteiger partial charge in [-0.05, 0) is 40.9 Å². The van der Waals surface area contributed by atoms with Gasteiger partial charge in [0.25, 0.3) is 5.91 Å². The minimum Gasteiger partial charge on any atom is -0.339 e. The summed E-state index contributed by atoms with van der Waals surface area (Å²) in [7, 11) is 0. The molecule has 0 bridgehead atoms. The first-order chi connectivity index (χ1) is 7.70. The van der Waals surface area contributed by atoms with Crippen molar-refractivity contribution in [3.8, 4) is 0 Å². The Bertz CT molecular complexity index is 346. The molecule has 0 saturated heterocycles. The first-order valence-corrected chi connectivity index (χ1v) is 6.53. The first-order valence-electron chi connectivity index (χ1n) is 5.74. The van der Waals surface area contributed by atoms with Gasteiger partial charge >= 0.3 is 0 Å². The van der Waals surface area contributed by atoms with Crippen LogP contribution >= 0.6 is 15.9 Å². The van der Waals surface area contributed by atoms with Crippen LogP contribution in [0.3, 0.4) is 0 Å². The Morgan fingerprint density at radius 1 is 1.19 bits per heavy atom. The number of hydrogen-bond acceptors (Lipinski definition) is 1. The molecule has 2 nitrogen and oxygen atoms in total. The Morgan fingerprint density at radius 3 is 2.25 bits per heavy atom. The second-order valence-corrected chi connectivity index (χ2v) is 4.63.